The van der Waals surface area contributed by atoms with Gasteiger partial charge in [-0.25, -0.2) is 4.79 Å². The van der Waals surface area contributed by atoms with Crippen LogP contribution in [0.3, 0.4) is 0 Å². The predicted octanol–water partition coefficient (Wildman–Crippen LogP) is 2.87. The van der Waals surface area contributed by atoms with Gasteiger partial charge in [0.2, 0.25) is 0 Å². The number of urea groups is 1. The summed E-state index contributed by atoms with van der Waals surface area (Å²) in [4.78, 5) is 11.4. The third kappa shape index (κ3) is 4.72. The van der Waals surface area contributed by atoms with Crippen molar-refractivity contribution in [2.75, 3.05) is 11.9 Å². The normalized spacial score (nSPS) is 8.88. The number of hydrogen-bond donors (Lipinski definition) is 2. The molecule has 4 heteroatoms. The molecule has 0 atom stereocenters. The third-order valence-corrected chi connectivity index (χ3v) is 2.03. The van der Waals surface area contributed by atoms with Crippen molar-refractivity contribution in [3.8, 4) is 11.8 Å². The van der Waals surface area contributed by atoms with Gasteiger partial charge in [-0.3, -0.25) is 0 Å². The lowest BCUT2D eigenvalue weighted by Crippen LogP contribution is -2.29. The number of anilines is 1. The van der Waals surface area contributed by atoms with Crippen LogP contribution in [0.25, 0.3) is 0 Å². The number of hydrogen-bond acceptors (Lipinski definition) is 1. The molecule has 0 fully saturated rings. The van der Waals surface area contributed by atoms with Crippen LogP contribution >= 0.6 is 11.6 Å². The highest BCUT2D eigenvalue weighted by Crippen LogP contribution is 2.14. The van der Waals surface area contributed by atoms with Crippen molar-refractivity contribution in [1.82, 2.24) is 5.32 Å². The Morgan fingerprint density at radius 2 is 2.31 bits per heavy atom. The number of amides is 2. The van der Waals surface area contributed by atoms with Crippen LogP contribution in [0.2, 0.25) is 5.02 Å². The van der Waals surface area contributed by atoms with E-state index in [0.717, 1.165) is 0 Å². The second-order valence-corrected chi connectivity index (χ2v) is 3.50. The average Bonchev–Trinajstić information content (AvgIpc) is 2.24. The van der Waals surface area contributed by atoms with E-state index < -0.39 is 0 Å². The van der Waals surface area contributed by atoms with Crippen LogP contribution in [0.4, 0.5) is 10.5 Å². The average molecular weight is 237 g/mol. The van der Waals surface area contributed by atoms with E-state index in [4.69, 9.17) is 11.6 Å². The van der Waals surface area contributed by atoms with E-state index in [0.29, 0.717) is 23.7 Å². The number of nitrogens with one attached hydrogen (secondary N) is 2. The van der Waals surface area contributed by atoms with Gasteiger partial charge < -0.3 is 10.6 Å². The van der Waals surface area contributed by atoms with E-state index in [1.54, 1.807) is 31.2 Å². The summed E-state index contributed by atoms with van der Waals surface area (Å²) in [6, 6.07) is 6.74. The molecule has 1 aromatic rings. The highest BCUT2D eigenvalue weighted by molar-refractivity contribution is 6.30. The Balaban J connectivity index is 2.36. The van der Waals surface area contributed by atoms with Crippen LogP contribution in [0, 0.1) is 11.8 Å². The smallest absolute Gasteiger partial charge is 0.319 e. The maximum Gasteiger partial charge on any atom is 0.319 e. The number of carbonyl (C=O) groups excluding carboxylic acids is 1. The molecule has 0 aromatic heterocycles. The Bertz CT molecular complexity index is 421. The molecular weight excluding hydrogens is 224 g/mol. The predicted molar refractivity (Wildman–Crippen MR) is 66.5 cm³/mol. The van der Waals surface area contributed by atoms with Crippen molar-refractivity contribution < 1.29 is 4.79 Å². The topological polar surface area (TPSA) is 41.1 Å². The van der Waals surface area contributed by atoms with E-state index in [2.05, 4.69) is 22.5 Å². The fourth-order valence-corrected chi connectivity index (χ4v) is 1.30. The Morgan fingerprint density at radius 3 is 3.00 bits per heavy atom. The van der Waals surface area contributed by atoms with Crippen molar-refractivity contribution in [2.45, 2.75) is 13.3 Å². The third-order valence-electron chi connectivity index (χ3n) is 1.79. The molecule has 0 saturated heterocycles. The van der Waals surface area contributed by atoms with Crippen LogP contribution in [0.15, 0.2) is 24.3 Å². The van der Waals surface area contributed by atoms with Gasteiger partial charge in [0.25, 0.3) is 0 Å². The summed E-state index contributed by atoms with van der Waals surface area (Å²) in [6.07, 6.45) is 0.652. The number of rotatable bonds is 3. The lowest BCUT2D eigenvalue weighted by molar-refractivity contribution is 0.252. The van der Waals surface area contributed by atoms with Gasteiger partial charge in [0.1, 0.15) is 0 Å². The molecule has 0 radical (unpaired) electrons. The Hall–Kier alpha value is -1.66. The fraction of sp³-hybridized carbons (Fsp3) is 0.250. The summed E-state index contributed by atoms with van der Waals surface area (Å²) in [5.41, 5.74) is 0.673. The summed E-state index contributed by atoms with van der Waals surface area (Å²) in [5.74, 6) is 5.62. The molecule has 16 heavy (non-hydrogen) atoms. The van der Waals surface area contributed by atoms with Gasteiger partial charge >= 0.3 is 6.03 Å². The number of halogens is 1. The molecule has 0 aliphatic carbocycles. The Labute approximate surface area is 100 Å². The summed E-state index contributed by atoms with van der Waals surface area (Å²) in [6.45, 7) is 2.30. The maximum atomic E-state index is 11.4. The molecule has 0 heterocycles. The Morgan fingerprint density at radius 1 is 1.50 bits per heavy atom. The second kappa shape index (κ2) is 6.76. The molecule has 3 nitrogen and oxygen atoms in total. The molecule has 0 bridgehead atoms. The standard InChI is InChI=1S/C12H13ClN2O/c1-2-3-4-8-14-12(16)15-11-7-5-6-10(13)9-11/h5-7,9H,4,8H2,1H3,(H2,14,15,16). The zero-order chi connectivity index (χ0) is 11.8. The largest absolute Gasteiger partial charge is 0.337 e. The van der Waals surface area contributed by atoms with E-state index in [1.807, 2.05) is 0 Å². The molecule has 2 N–H and O–H groups in total. The number of benzene rings is 1. The first-order chi connectivity index (χ1) is 7.72. The summed E-state index contributed by atoms with van der Waals surface area (Å²) < 4.78 is 0. The second-order valence-electron chi connectivity index (χ2n) is 3.07. The maximum absolute atomic E-state index is 11.4. The monoisotopic (exact) mass is 236 g/mol. The van der Waals surface area contributed by atoms with Gasteiger partial charge in [-0.15, -0.1) is 11.8 Å². The lowest BCUT2D eigenvalue weighted by Gasteiger charge is -2.06. The van der Waals surface area contributed by atoms with Crippen LogP contribution in [0.1, 0.15) is 13.3 Å². The molecule has 0 spiro atoms. The van der Waals surface area contributed by atoms with Crippen molar-refractivity contribution in [1.29, 1.82) is 0 Å². The fourth-order valence-electron chi connectivity index (χ4n) is 1.11. The molecule has 0 aliphatic heterocycles. The lowest BCUT2D eigenvalue weighted by atomic mass is 10.3. The minimum absolute atomic E-state index is 0.250. The van der Waals surface area contributed by atoms with Crippen molar-refractivity contribution in [3.63, 3.8) is 0 Å². The van der Waals surface area contributed by atoms with E-state index in [9.17, 15) is 4.79 Å². The van der Waals surface area contributed by atoms with E-state index >= 15 is 0 Å². The minimum Gasteiger partial charge on any atom is -0.337 e. The molecular formula is C12H13ClN2O. The molecule has 84 valence electrons. The first kappa shape index (κ1) is 12.4. The zero-order valence-electron chi connectivity index (χ0n) is 9.01. The zero-order valence-corrected chi connectivity index (χ0v) is 9.77. The molecule has 2 amide bonds. The molecule has 0 saturated carbocycles. The van der Waals surface area contributed by atoms with Crippen LogP contribution < -0.4 is 10.6 Å². The quantitative estimate of drug-likeness (QED) is 0.615. The molecule has 0 aliphatic rings. The summed E-state index contributed by atoms with van der Waals surface area (Å²) in [5, 5.41) is 5.96. The first-order valence-corrected chi connectivity index (χ1v) is 5.30. The van der Waals surface area contributed by atoms with Crippen LogP contribution in [0.5, 0.6) is 0 Å². The summed E-state index contributed by atoms with van der Waals surface area (Å²) >= 11 is 5.78. The van der Waals surface area contributed by atoms with Crippen LogP contribution in [-0.4, -0.2) is 12.6 Å². The van der Waals surface area contributed by atoms with Crippen LogP contribution in [-0.2, 0) is 0 Å². The number of carbonyl (C=O) groups is 1. The molecule has 1 aromatic carbocycles. The molecule has 1 rings (SSSR count). The van der Waals surface area contributed by atoms with Crippen molar-refractivity contribution in [3.05, 3.63) is 29.3 Å². The first-order valence-electron chi connectivity index (χ1n) is 4.92. The van der Waals surface area contributed by atoms with Crippen molar-refractivity contribution >= 4 is 23.3 Å². The van der Waals surface area contributed by atoms with Gasteiger partial charge in [0.05, 0.1) is 0 Å². The van der Waals surface area contributed by atoms with E-state index in [-0.39, 0.29) is 6.03 Å². The Kier molecular flexibility index (Phi) is 5.24. The summed E-state index contributed by atoms with van der Waals surface area (Å²) in [7, 11) is 0. The highest BCUT2D eigenvalue weighted by Gasteiger charge is 2.00. The van der Waals surface area contributed by atoms with Gasteiger partial charge in [-0.2, -0.15) is 0 Å². The van der Waals surface area contributed by atoms with Gasteiger partial charge in [-0.05, 0) is 25.1 Å². The highest BCUT2D eigenvalue weighted by atomic mass is 35.5. The van der Waals surface area contributed by atoms with Gasteiger partial charge in [0, 0.05) is 23.7 Å². The SMILES string of the molecule is CC#CCCNC(=O)Nc1cccc(Cl)c1. The van der Waals surface area contributed by atoms with Gasteiger partial charge in [-0.1, -0.05) is 17.7 Å². The van der Waals surface area contributed by atoms with E-state index in [1.165, 1.54) is 0 Å². The van der Waals surface area contributed by atoms with Gasteiger partial charge in [0.15, 0.2) is 0 Å². The van der Waals surface area contributed by atoms with Crippen molar-refractivity contribution in [2.24, 2.45) is 0 Å². The minimum atomic E-state index is -0.250. The molecule has 0 unspecified atom stereocenters.